The number of nitrogen functional groups attached to an aromatic ring is 3. The summed E-state index contributed by atoms with van der Waals surface area (Å²) in [5.74, 6) is -1.63. The van der Waals surface area contributed by atoms with Crippen LogP contribution in [0.25, 0.3) is 132 Å². The van der Waals surface area contributed by atoms with E-state index in [0.717, 1.165) is 106 Å². The predicted octanol–water partition coefficient (Wildman–Crippen LogP) is 28.8. The van der Waals surface area contributed by atoms with Crippen LogP contribution in [0.3, 0.4) is 0 Å². The topological polar surface area (TPSA) is 212 Å². The highest BCUT2D eigenvalue weighted by Crippen LogP contribution is 2.47. The maximum Gasteiger partial charge on any atom is 0.293 e. The second-order valence-electron chi connectivity index (χ2n) is 27.6. The number of aromatic amines is 1. The van der Waals surface area contributed by atoms with Crippen molar-refractivity contribution in [2.45, 2.75) is 0 Å². The molecule has 1 aliphatic heterocycles. The third kappa shape index (κ3) is 15.9. The fraction of sp³-hybridized carbons (Fsp3) is 0. The Morgan fingerprint density at radius 1 is 0.314 bits per heavy atom. The molecule has 16 aromatic carbocycles. The summed E-state index contributed by atoms with van der Waals surface area (Å²) in [5, 5.41) is 36.5. The number of anilines is 5. The minimum absolute atomic E-state index is 0.0570. The molecule has 0 unspecified atom stereocenters. The first kappa shape index (κ1) is 81.1. The van der Waals surface area contributed by atoms with Gasteiger partial charge in [0.1, 0.15) is 40.5 Å². The number of fused-ring (bicyclic) bond motifs is 17. The van der Waals surface area contributed by atoms with Gasteiger partial charge in [0, 0.05) is 89.4 Å². The SMILES string of the molecule is Clc1ccccc1Br.Fc1cccc2c1[nH]c1ccccc12.Nc1cccc2c1-n1c3ccc(Br)cc3c3cccc(c31)N2.Nc1ccccc1-n1c2ccc(Br)cc2c2cccc(F)c21.Nc1ccccc1F.O=[N+]([O-])c1ccccc1-n1c2ccc(Br)cc2c2cccc(F)c21.O=[N+]([O-])c1ccccc1-n1c2ccccc2c2cccc(F)c21. The van der Waals surface area contributed by atoms with Crippen molar-refractivity contribution in [3.63, 3.8) is 0 Å². The molecule has 6 heterocycles. The molecule has 15 nitrogen and oxygen atoms in total. The number of H-pyrrole nitrogens is 1. The molecule has 0 saturated heterocycles. The summed E-state index contributed by atoms with van der Waals surface area (Å²) >= 11 is 19.4. The highest BCUT2D eigenvalue weighted by molar-refractivity contribution is 9.11. The summed E-state index contributed by atoms with van der Waals surface area (Å²) in [6, 6.07) is 99.4. The number of nitrogens with one attached hydrogen (secondary N) is 2. The number of aromatic nitrogens is 5. The van der Waals surface area contributed by atoms with Crippen molar-refractivity contribution in [3.8, 4) is 22.7 Å². The number of rotatable bonds is 5. The number of nitro benzene ring substituents is 2. The minimum atomic E-state index is -0.452. The molecule has 0 radical (unpaired) electrons. The number of para-hydroxylation sites is 15. The van der Waals surface area contributed by atoms with Gasteiger partial charge in [-0.3, -0.25) is 20.2 Å². The largest absolute Gasteiger partial charge is 0.397 e. The smallest absolute Gasteiger partial charge is 0.293 e. The van der Waals surface area contributed by atoms with Crippen LogP contribution in [0.1, 0.15) is 0 Å². The average Bonchev–Trinajstić information content (AvgIpc) is 1.57. The van der Waals surface area contributed by atoms with Crippen LogP contribution in [-0.2, 0) is 0 Å². The van der Waals surface area contributed by atoms with E-state index in [0.29, 0.717) is 50.0 Å². The number of hydrogen-bond acceptors (Lipinski definition) is 8. The van der Waals surface area contributed by atoms with Crippen LogP contribution in [0.5, 0.6) is 0 Å². The summed E-state index contributed by atoms with van der Waals surface area (Å²) in [5.41, 5.74) is 31.2. The number of nitrogens with two attached hydrogens (primary N) is 3. The molecular weight excluding hydrogens is 1820 g/mol. The maximum atomic E-state index is 14.6. The van der Waals surface area contributed by atoms with Gasteiger partial charge >= 0.3 is 0 Å². The molecule has 0 atom stereocenters. The summed E-state index contributed by atoms with van der Waals surface area (Å²) in [6.07, 6.45) is 0. The van der Waals surface area contributed by atoms with Crippen LogP contribution >= 0.6 is 75.3 Å². The quantitative estimate of drug-likeness (QED) is 0.0483. The maximum absolute atomic E-state index is 14.6. The Morgan fingerprint density at radius 3 is 1.19 bits per heavy atom. The van der Waals surface area contributed by atoms with Crippen LogP contribution in [0.15, 0.2) is 352 Å². The number of nitrogens with zero attached hydrogens (tertiary/aromatic N) is 6. The van der Waals surface area contributed by atoms with E-state index >= 15 is 0 Å². The van der Waals surface area contributed by atoms with Crippen molar-refractivity contribution in [1.29, 1.82) is 0 Å². The van der Waals surface area contributed by atoms with Gasteiger partial charge in [0.25, 0.3) is 11.4 Å². The van der Waals surface area contributed by atoms with Crippen molar-refractivity contribution in [1.82, 2.24) is 23.3 Å². The molecule has 25 heteroatoms. The molecular formula is C96H63Br4ClF5N11O4. The van der Waals surface area contributed by atoms with Crippen LogP contribution in [0.4, 0.5) is 61.8 Å². The summed E-state index contributed by atoms with van der Waals surface area (Å²) in [4.78, 5) is 25.0. The second-order valence-corrected chi connectivity index (χ2v) is 31.6. The standard InChI is InChI=1S/C18H10BrFN2O2.C18H12BrFN2.C18H12BrN3.C18H11FN2O2.C12H8FN.C6H4BrCl.C6H6FN/c19-11-8-9-15-13(10-11)12-4-3-5-14(20)18(12)21(15)16-6-1-2-7-17(16)22(23)24;19-11-8-9-16-13(10-11)12-4-3-5-14(20)18(12)22(16)17-7-2-1-6-15(17)21;19-10-7-8-16-12(9-10)11-3-1-5-14-17(11)22(16)18-13(20)4-2-6-15(18)21-14;19-14-8-5-7-13-12-6-1-2-9-15(12)20(18(13)14)16-10-3-4-11-17(16)21(22)23;13-10-6-3-5-9-8-4-1-2-7-11(8)14-12(9)10;2*7-5-3-1-2-4-6(5)8/h1-10H;1-10H,21H2;1-9,21H,20H2;1-11H;1-7,14H;1-4H;1-4H,8H2. The minimum Gasteiger partial charge on any atom is -0.397 e. The lowest BCUT2D eigenvalue weighted by Gasteiger charge is -2.23. The van der Waals surface area contributed by atoms with Crippen molar-refractivity contribution >= 4 is 224 Å². The lowest BCUT2D eigenvalue weighted by Crippen LogP contribution is -2.09. The predicted molar refractivity (Wildman–Crippen MR) is 497 cm³/mol. The van der Waals surface area contributed by atoms with Gasteiger partial charge in [0.05, 0.1) is 104 Å². The molecule has 8 N–H and O–H groups in total. The second kappa shape index (κ2) is 34.7. The van der Waals surface area contributed by atoms with E-state index in [2.05, 4.69) is 121 Å². The van der Waals surface area contributed by atoms with E-state index in [9.17, 15) is 42.2 Å². The molecule has 5 aromatic heterocycles. The monoisotopic (exact) mass is 1880 g/mol. The van der Waals surface area contributed by atoms with Gasteiger partial charge in [0.15, 0.2) is 0 Å². The van der Waals surface area contributed by atoms with Gasteiger partial charge in [-0.15, -0.1) is 0 Å². The summed E-state index contributed by atoms with van der Waals surface area (Å²) in [7, 11) is 0. The fourth-order valence-corrected chi connectivity index (χ4v) is 16.7. The molecule has 1 aliphatic rings. The zero-order chi connectivity index (χ0) is 84.4. The van der Waals surface area contributed by atoms with Crippen molar-refractivity contribution < 1.29 is 31.8 Å². The van der Waals surface area contributed by atoms with Crippen molar-refractivity contribution in [2.75, 3.05) is 22.5 Å². The van der Waals surface area contributed by atoms with Gasteiger partial charge in [0.2, 0.25) is 0 Å². The van der Waals surface area contributed by atoms with E-state index in [1.807, 2.05) is 174 Å². The first-order chi connectivity index (χ1) is 58.6. The fourth-order valence-electron chi connectivity index (χ4n) is 15.2. The Morgan fingerprint density at radius 2 is 0.686 bits per heavy atom. The van der Waals surface area contributed by atoms with Crippen LogP contribution < -0.4 is 22.5 Å². The lowest BCUT2D eigenvalue weighted by molar-refractivity contribution is -0.384. The summed E-state index contributed by atoms with van der Waals surface area (Å²) in [6.45, 7) is 0. The van der Waals surface area contributed by atoms with E-state index in [1.54, 1.807) is 81.9 Å². The zero-order valence-corrected chi connectivity index (χ0v) is 70.2. The normalized spacial score (nSPS) is 11.2. The highest BCUT2D eigenvalue weighted by atomic mass is 79.9. The number of nitro groups is 2. The number of halogens is 10. The van der Waals surface area contributed by atoms with E-state index in [-0.39, 0.29) is 34.5 Å². The van der Waals surface area contributed by atoms with Gasteiger partial charge in [-0.1, -0.05) is 223 Å². The van der Waals surface area contributed by atoms with Crippen molar-refractivity contribution in [2.24, 2.45) is 0 Å². The molecule has 0 aliphatic carbocycles. The van der Waals surface area contributed by atoms with E-state index in [4.69, 9.17) is 28.8 Å². The van der Waals surface area contributed by atoms with Crippen LogP contribution in [0.2, 0.25) is 5.02 Å². The van der Waals surface area contributed by atoms with E-state index < -0.39 is 21.5 Å². The molecule has 121 heavy (non-hydrogen) atoms. The average molecular weight is 1880 g/mol. The Balaban J connectivity index is 0.000000108. The molecule has 0 bridgehead atoms. The number of benzene rings is 16. The highest BCUT2D eigenvalue weighted by Gasteiger charge is 2.27. The molecule has 0 amide bonds. The van der Waals surface area contributed by atoms with Crippen LogP contribution in [0, 0.1) is 49.3 Å². The molecule has 0 spiro atoms. The molecule has 0 saturated carbocycles. The molecule has 596 valence electrons. The Labute approximate surface area is 724 Å². The lowest BCUT2D eigenvalue weighted by atomic mass is 10.1. The molecule has 0 fully saturated rings. The Kier molecular flexibility index (Phi) is 23.3. The third-order valence-corrected chi connectivity index (χ3v) is 23.1. The van der Waals surface area contributed by atoms with Gasteiger partial charge in [-0.2, -0.15) is 0 Å². The Bertz CT molecular complexity index is 7480. The van der Waals surface area contributed by atoms with Crippen molar-refractivity contribution in [3.05, 3.63) is 406 Å². The van der Waals surface area contributed by atoms with E-state index in [1.165, 1.54) is 70.3 Å². The molecule has 22 rings (SSSR count). The van der Waals surface area contributed by atoms with Crippen LogP contribution in [-0.4, -0.2) is 33.1 Å². The van der Waals surface area contributed by atoms with Gasteiger partial charge < -0.3 is 45.8 Å². The first-order valence-electron chi connectivity index (χ1n) is 37.3. The van der Waals surface area contributed by atoms with Gasteiger partial charge in [-0.25, -0.2) is 22.0 Å². The zero-order valence-electron chi connectivity index (χ0n) is 63.1. The first-order valence-corrected chi connectivity index (χ1v) is 40.9. The number of hydrogen-bond donors (Lipinski definition) is 5. The molecule has 21 aromatic rings. The Hall–Kier alpha value is -13.6. The summed E-state index contributed by atoms with van der Waals surface area (Å²) < 4.78 is 80.5. The van der Waals surface area contributed by atoms with Gasteiger partial charge in [-0.05, 0) is 174 Å². The third-order valence-electron chi connectivity index (χ3n) is 20.4.